The van der Waals surface area contributed by atoms with Crippen molar-refractivity contribution in [2.45, 2.75) is 32.6 Å². The number of carbonyl (C=O) groups excluding carboxylic acids is 1. The lowest BCUT2D eigenvalue weighted by molar-refractivity contribution is 0.102. The number of rotatable bonds is 4. The van der Waals surface area contributed by atoms with Gasteiger partial charge >= 0.3 is 0 Å². The smallest absolute Gasteiger partial charge is 0.258 e. The SMILES string of the molecule is CC1CCCN(c2ncc(C(=O)Nc3ccc(N4CCCC4)cc3)cn2)C1. The first kappa shape index (κ1) is 17.8. The molecule has 1 amide bonds. The lowest BCUT2D eigenvalue weighted by Crippen LogP contribution is -2.35. The molecule has 2 fully saturated rings. The minimum Gasteiger partial charge on any atom is -0.372 e. The zero-order chi connectivity index (χ0) is 18.6. The van der Waals surface area contributed by atoms with Crippen molar-refractivity contribution in [2.24, 2.45) is 5.92 Å². The van der Waals surface area contributed by atoms with Gasteiger partial charge in [-0.05, 0) is 55.9 Å². The molecule has 0 spiro atoms. The highest BCUT2D eigenvalue weighted by molar-refractivity contribution is 6.03. The lowest BCUT2D eigenvalue weighted by atomic mass is 10.0. The van der Waals surface area contributed by atoms with E-state index in [0.29, 0.717) is 17.4 Å². The van der Waals surface area contributed by atoms with Gasteiger partial charge in [-0.2, -0.15) is 0 Å². The molecule has 142 valence electrons. The van der Waals surface area contributed by atoms with Crippen LogP contribution in [0.5, 0.6) is 0 Å². The van der Waals surface area contributed by atoms with Gasteiger partial charge < -0.3 is 15.1 Å². The molecule has 27 heavy (non-hydrogen) atoms. The molecule has 1 N–H and O–H groups in total. The van der Waals surface area contributed by atoms with Gasteiger partial charge in [-0.15, -0.1) is 0 Å². The van der Waals surface area contributed by atoms with Crippen LogP contribution in [0.25, 0.3) is 0 Å². The van der Waals surface area contributed by atoms with E-state index in [1.54, 1.807) is 12.4 Å². The van der Waals surface area contributed by atoms with Crippen molar-refractivity contribution in [3.05, 3.63) is 42.2 Å². The standard InChI is InChI=1S/C21H27N5O/c1-16-5-4-12-26(15-16)21-22-13-17(14-23-21)20(27)24-18-6-8-19(9-7-18)25-10-2-3-11-25/h6-9,13-14,16H,2-5,10-12,15H2,1H3,(H,24,27). The summed E-state index contributed by atoms with van der Waals surface area (Å²) >= 11 is 0. The summed E-state index contributed by atoms with van der Waals surface area (Å²) in [5.74, 6) is 1.20. The summed E-state index contributed by atoms with van der Waals surface area (Å²) in [4.78, 5) is 25.9. The van der Waals surface area contributed by atoms with Crippen LogP contribution in [0.3, 0.4) is 0 Å². The van der Waals surface area contributed by atoms with E-state index in [-0.39, 0.29) is 5.91 Å². The molecule has 0 aliphatic carbocycles. The van der Waals surface area contributed by atoms with Crippen molar-refractivity contribution < 1.29 is 4.79 Å². The number of carbonyl (C=O) groups is 1. The molecule has 2 saturated heterocycles. The van der Waals surface area contributed by atoms with E-state index in [4.69, 9.17) is 0 Å². The Morgan fingerprint density at radius 1 is 1.00 bits per heavy atom. The van der Waals surface area contributed by atoms with Crippen molar-refractivity contribution in [1.29, 1.82) is 0 Å². The largest absolute Gasteiger partial charge is 0.372 e. The maximum absolute atomic E-state index is 12.5. The predicted octanol–water partition coefficient (Wildman–Crippen LogP) is 3.57. The first-order chi connectivity index (χ1) is 13.2. The molecular formula is C21H27N5O. The quantitative estimate of drug-likeness (QED) is 0.898. The summed E-state index contributed by atoms with van der Waals surface area (Å²) in [6, 6.07) is 8.04. The van der Waals surface area contributed by atoms with Gasteiger partial charge in [0.05, 0.1) is 5.56 Å². The molecule has 0 radical (unpaired) electrons. The number of aromatic nitrogens is 2. The van der Waals surface area contributed by atoms with Crippen LogP contribution in [0.4, 0.5) is 17.3 Å². The van der Waals surface area contributed by atoms with Gasteiger partial charge in [0.15, 0.2) is 0 Å². The van der Waals surface area contributed by atoms with Crippen LogP contribution in [-0.2, 0) is 0 Å². The highest BCUT2D eigenvalue weighted by Crippen LogP contribution is 2.23. The summed E-state index contributed by atoms with van der Waals surface area (Å²) in [5, 5.41) is 2.93. The fourth-order valence-corrected chi connectivity index (χ4v) is 3.91. The van der Waals surface area contributed by atoms with Crippen LogP contribution >= 0.6 is 0 Å². The van der Waals surface area contributed by atoms with Gasteiger partial charge in [0.25, 0.3) is 5.91 Å². The number of hydrogen-bond donors (Lipinski definition) is 1. The Bertz CT molecular complexity index is 768. The van der Waals surface area contributed by atoms with Gasteiger partial charge in [0.1, 0.15) is 0 Å². The normalized spacial score (nSPS) is 20.0. The van der Waals surface area contributed by atoms with Crippen LogP contribution < -0.4 is 15.1 Å². The Labute approximate surface area is 160 Å². The fourth-order valence-electron chi connectivity index (χ4n) is 3.91. The molecule has 1 aromatic heterocycles. The van der Waals surface area contributed by atoms with E-state index in [1.165, 1.54) is 31.4 Å². The van der Waals surface area contributed by atoms with E-state index in [1.807, 2.05) is 12.1 Å². The second-order valence-corrected chi connectivity index (χ2v) is 7.66. The number of nitrogens with one attached hydrogen (secondary N) is 1. The fraction of sp³-hybridized carbons (Fsp3) is 0.476. The first-order valence-corrected chi connectivity index (χ1v) is 9.92. The van der Waals surface area contributed by atoms with E-state index in [0.717, 1.165) is 31.9 Å². The predicted molar refractivity (Wildman–Crippen MR) is 108 cm³/mol. The van der Waals surface area contributed by atoms with E-state index >= 15 is 0 Å². The van der Waals surface area contributed by atoms with E-state index in [2.05, 4.69) is 44.1 Å². The van der Waals surface area contributed by atoms with Crippen molar-refractivity contribution in [1.82, 2.24) is 9.97 Å². The molecule has 2 aliphatic heterocycles. The number of amides is 1. The molecule has 2 aromatic rings. The van der Waals surface area contributed by atoms with Crippen LogP contribution in [0.15, 0.2) is 36.7 Å². The molecule has 6 heteroatoms. The highest BCUT2D eigenvalue weighted by atomic mass is 16.1. The van der Waals surface area contributed by atoms with E-state index in [9.17, 15) is 4.79 Å². The van der Waals surface area contributed by atoms with Crippen molar-refractivity contribution in [3.8, 4) is 0 Å². The Morgan fingerprint density at radius 3 is 2.33 bits per heavy atom. The lowest BCUT2D eigenvalue weighted by Gasteiger charge is -2.30. The van der Waals surface area contributed by atoms with Crippen molar-refractivity contribution in [2.75, 3.05) is 41.3 Å². The van der Waals surface area contributed by atoms with Gasteiger partial charge in [-0.1, -0.05) is 6.92 Å². The average Bonchev–Trinajstić information content (AvgIpc) is 3.23. The third-order valence-electron chi connectivity index (χ3n) is 5.44. The Hall–Kier alpha value is -2.63. The average molecular weight is 365 g/mol. The second-order valence-electron chi connectivity index (χ2n) is 7.66. The maximum Gasteiger partial charge on any atom is 0.258 e. The summed E-state index contributed by atoms with van der Waals surface area (Å²) in [7, 11) is 0. The van der Waals surface area contributed by atoms with Crippen LogP contribution in [0.2, 0.25) is 0 Å². The summed E-state index contributed by atoms with van der Waals surface area (Å²) < 4.78 is 0. The minimum absolute atomic E-state index is 0.178. The van der Waals surface area contributed by atoms with Crippen LogP contribution in [0.1, 0.15) is 43.0 Å². The summed E-state index contributed by atoms with van der Waals surface area (Å²) in [6.07, 6.45) is 8.18. The molecule has 1 aromatic carbocycles. The molecule has 1 unspecified atom stereocenters. The minimum atomic E-state index is -0.178. The number of nitrogens with zero attached hydrogens (tertiary/aromatic N) is 4. The van der Waals surface area contributed by atoms with Crippen molar-refractivity contribution in [3.63, 3.8) is 0 Å². The molecular weight excluding hydrogens is 338 g/mol. The van der Waals surface area contributed by atoms with E-state index < -0.39 is 0 Å². The molecule has 6 nitrogen and oxygen atoms in total. The highest BCUT2D eigenvalue weighted by Gasteiger charge is 2.19. The number of piperidine rings is 1. The third kappa shape index (κ3) is 4.21. The molecule has 0 bridgehead atoms. The monoisotopic (exact) mass is 365 g/mol. The van der Waals surface area contributed by atoms with Gasteiger partial charge in [-0.3, -0.25) is 4.79 Å². The van der Waals surface area contributed by atoms with Crippen molar-refractivity contribution >= 4 is 23.2 Å². The molecule has 1 atom stereocenters. The summed E-state index contributed by atoms with van der Waals surface area (Å²) in [6.45, 7) is 6.45. The Morgan fingerprint density at radius 2 is 1.67 bits per heavy atom. The Balaban J connectivity index is 1.37. The molecule has 2 aliphatic rings. The molecule has 0 saturated carbocycles. The number of benzene rings is 1. The van der Waals surface area contributed by atoms with Gasteiger partial charge in [0.2, 0.25) is 5.95 Å². The maximum atomic E-state index is 12.5. The number of hydrogen-bond acceptors (Lipinski definition) is 5. The van der Waals surface area contributed by atoms with Crippen LogP contribution in [-0.4, -0.2) is 42.1 Å². The molecule has 4 rings (SSSR count). The van der Waals surface area contributed by atoms with Gasteiger partial charge in [0, 0.05) is 49.9 Å². The summed E-state index contributed by atoms with van der Waals surface area (Å²) in [5.41, 5.74) is 2.48. The van der Waals surface area contributed by atoms with Gasteiger partial charge in [-0.25, -0.2) is 9.97 Å². The zero-order valence-electron chi connectivity index (χ0n) is 15.9. The Kier molecular flexibility index (Phi) is 5.23. The second kappa shape index (κ2) is 7.94. The number of anilines is 3. The third-order valence-corrected chi connectivity index (χ3v) is 5.44. The first-order valence-electron chi connectivity index (χ1n) is 9.92. The van der Waals surface area contributed by atoms with Crippen LogP contribution in [0, 0.1) is 5.92 Å². The topological polar surface area (TPSA) is 61.4 Å². The zero-order valence-corrected chi connectivity index (χ0v) is 15.9. The molecule has 3 heterocycles.